The second kappa shape index (κ2) is 6.23. The molecule has 0 fully saturated rings. The average molecular weight is 341 g/mol. The maximum atomic E-state index is 12.3. The van der Waals surface area contributed by atoms with Crippen LogP contribution in [0.1, 0.15) is 17.3 Å². The SMILES string of the molecule is C[C@H]1Oc2ccc(NC(=O)c3ccc([N+](=O)[O-])cc3)cc2N(C)C1=O. The number of non-ortho nitro benzene ring substituents is 1. The van der Waals surface area contributed by atoms with Crippen LogP contribution in [-0.2, 0) is 4.79 Å². The van der Waals surface area contributed by atoms with Crippen LogP contribution < -0.4 is 15.0 Å². The summed E-state index contributed by atoms with van der Waals surface area (Å²) < 4.78 is 5.53. The lowest BCUT2D eigenvalue weighted by molar-refractivity contribution is -0.384. The summed E-state index contributed by atoms with van der Waals surface area (Å²) in [5, 5.41) is 13.4. The van der Waals surface area contributed by atoms with E-state index in [1.807, 2.05) is 0 Å². The Labute approximate surface area is 143 Å². The summed E-state index contributed by atoms with van der Waals surface area (Å²) in [6, 6.07) is 10.3. The van der Waals surface area contributed by atoms with E-state index in [1.54, 1.807) is 32.2 Å². The molecule has 0 unspecified atom stereocenters. The third-order valence-corrected chi connectivity index (χ3v) is 3.90. The van der Waals surface area contributed by atoms with Gasteiger partial charge in [0.25, 0.3) is 17.5 Å². The van der Waals surface area contributed by atoms with Gasteiger partial charge in [-0.15, -0.1) is 0 Å². The van der Waals surface area contributed by atoms with E-state index < -0.39 is 16.9 Å². The highest BCUT2D eigenvalue weighted by Gasteiger charge is 2.29. The molecule has 25 heavy (non-hydrogen) atoms. The van der Waals surface area contributed by atoms with Crippen LogP contribution in [0, 0.1) is 10.1 Å². The molecule has 0 spiro atoms. The van der Waals surface area contributed by atoms with Crippen molar-refractivity contribution in [2.45, 2.75) is 13.0 Å². The molecule has 1 aliphatic rings. The summed E-state index contributed by atoms with van der Waals surface area (Å²) >= 11 is 0. The number of rotatable bonds is 3. The number of carbonyl (C=O) groups excluding carboxylic acids is 2. The number of nitro groups is 1. The first kappa shape index (κ1) is 16.4. The molecule has 1 aliphatic heterocycles. The zero-order valence-electron chi connectivity index (χ0n) is 13.6. The number of amides is 2. The fourth-order valence-electron chi connectivity index (χ4n) is 2.53. The molecule has 0 saturated heterocycles. The van der Waals surface area contributed by atoms with Crippen LogP contribution in [-0.4, -0.2) is 29.9 Å². The van der Waals surface area contributed by atoms with E-state index in [1.165, 1.54) is 29.2 Å². The molecule has 0 saturated carbocycles. The molecular weight excluding hydrogens is 326 g/mol. The Hall–Kier alpha value is -3.42. The molecule has 0 bridgehead atoms. The summed E-state index contributed by atoms with van der Waals surface area (Å²) in [5.74, 6) is -0.0248. The number of fused-ring (bicyclic) bond motifs is 1. The summed E-state index contributed by atoms with van der Waals surface area (Å²) in [6.45, 7) is 1.67. The van der Waals surface area contributed by atoms with Crippen molar-refractivity contribution in [3.05, 3.63) is 58.1 Å². The molecule has 2 aromatic carbocycles. The molecule has 8 nitrogen and oxygen atoms in total. The van der Waals surface area contributed by atoms with Crippen molar-refractivity contribution in [3.8, 4) is 5.75 Å². The minimum atomic E-state index is -0.557. The van der Waals surface area contributed by atoms with Gasteiger partial charge in [0.15, 0.2) is 6.10 Å². The molecule has 2 aromatic rings. The lowest BCUT2D eigenvalue weighted by atomic mass is 10.1. The highest BCUT2D eigenvalue weighted by molar-refractivity contribution is 6.05. The molecular formula is C17H15N3O5. The van der Waals surface area contributed by atoms with Crippen LogP contribution in [0.5, 0.6) is 5.75 Å². The Bertz CT molecular complexity index is 863. The van der Waals surface area contributed by atoms with Crippen molar-refractivity contribution < 1.29 is 19.2 Å². The predicted octanol–water partition coefficient (Wildman–Crippen LogP) is 2.59. The number of carbonyl (C=O) groups is 2. The second-order valence-corrected chi connectivity index (χ2v) is 5.60. The van der Waals surface area contributed by atoms with Crippen LogP contribution >= 0.6 is 0 Å². The zero-order chi connectivity index (χ0) is 18.1. The van der Waals surface area contributed by atoms with Crippen molar-refractivity contribution in [3.63, 3.8) is 0 Å². The highest BCUT2D eigenvalue weighted by atomic mass is 16.6. The molecule has 2 amide bonds. The molecule has 128 valence electrons. The van der Waals surface area contributed by atoms with Crippen LogP contribution in [0.15, 0.2) is 42.5 Å². The Kier molecular flexibility index (Phi) is 4.10. The first-order chi connectivity index (χ1) is 11.9. The number of hydrogen-bond acceptors (Lipinski definition) is 5. The normalized spacial score (nSPS) is 16.0. The standard InChI is InChI=1S/C17H15N3O5/c1-10-17(22)19(2)14-9-12(5-8-15(14)25-10)18-16(21)11-3-6-13(7-4-11)20(23)24/h3-10H,1-2H3,(H,18,21)/t10-/m1/s1. The van der Waals surface area contributed by atoms with E-state index in [0.29, 0.717) is 17.1 Å². The summed E-state index contributed by atoms with van der Waals surface area (Å²) in [6.07, 6.45) is -0.557. The minimum Gasteiger partial charge on any atom is -0.479 e. The monoisotopic (exact) mass is 341 g/mol. The number of ether oxygens (including phenoxy) is 1. The topological polar surface area (TPSA) is 102 Å². The number of anilines is 2. The summed E-state index contributed by atoms with van der Waals surface area (Å²) in [5.41, 5.74) is 1.25. The third kappa shape index (κ3) is 3.14. The van der Waals surface area contributed by atoms with E-state index in [4.69, 9.17) is 4.74 Å². The van der Waals surface area contributed by atoms with Gasteiger partial charge in [0, 0.05) is 30.4 Å². The van der Waals surface area contributed by atoms with Crippen molar-refractivity contribution in [1.29, 1.82) is 0 Å². The van der Waals surface area contributed by atoms with Gasteiger partial charge in [-0.1, -0.05) is 0 Å². The third-order valence-electron chi connectivity index (χ3n) is 3.90. The fourth-order valence-corrected chi connectivity index (χ4v) is 2.53. The smallest absolute Gasteiger partial charge is 0.269 e. The van der Waals surface area contributed by atoms with Crippen molar-refractivity contribution in [2.24, 2.45) is 0 Å². The second-order valence-electron chi connectivity index (χ2n) is 5.60. The predicted molar refractivity (Wildman–Crippen MR) is 91.0 cm³/mol. The van der Waals surface area contributed by atoms with Crippen LogP contribution in [0.25, 0.3) is 0 Å². The van der Waals surface area contributed by atoms with E-state index in [-0.39, 0.29) is 17.2 Å². The first-order valence-electron chi connectivity index (χ1n) is 7.51. The highest BCUT2D eigenvalue weighted by Crippen LogP contribution is 2.35. The molecule has 8 heteroatoms. The molecule has 1 heterocycles. The number of nitrogens with one attached hydrogen (secondary N) is 1. The van der Waals surface area contributed by atoms with Gasteiger partial charge in [0.2, 0.25) is 0 Å². The Balaban J connectivity index is 1.80. The number of nitrogens with zero attached hydrogens (tertiary/aromatic N) is 2. The molecule has 1 N–H and O–H groups in total. The van der Waals surface area contributed by atoms with Gasteiger partial charge >= 0.3 is 0 Å². The van der Waals surface area contributed by atoms with Crippen LogP contribution in [0.4, 0.5) is 17.1 Å². The first-order valence-corrected chi connectivity index (χ1v) is 7.51. The van der Waals surface area contributed by atoms with Gasteiger partial charge in [0.05, 0.1) is 10.6 Å². The van der Waals surface area contributed by atoms with Gasteiger partial charge in [0.1, 0.15) is 5.75 Å². The Morgan fingerprint density at radius 3 is 2.56 bits per heavy atom. The lowest BCUT2D eigenvalue weighted by Crippen LogP contribution is -2.41. The average Bonchev–Trinajstić information content (AvgIpc) is 2.60. The molecule has 0 aromatic heterocycles. The van der Waals surface area contributed by atoms with E-state index in [0.717, 1.165) is 0 Å². The molecule has 0 radical (unpaired) electrons. The van der Waals surface area contributed by atoms with Gasteiger partial charge < -0.3 is 15.0 Å². The van der Waals surface area contributed by atoms with E-state index in [9.17, 15) is 19.7 Å². The summed E-state index contributed by atoms with van der Waals surface area (Å²) in [7, 11) is 1.64. The van der Waals surface area contributed by atoms with E-state index >= 15 is 0 Å². The van der Waals surface area contributed by atoms with Gasteiger partial charge in [-0.2, -0.15) is 0 Å². The van der Waals surface area contributed by atoms with E-state index in [2.05, 4.69) is 5.32 Å². The Morgan fingerprint density at radius 2 is 1.92 bits per heavy atom. The molecule has 0 aliphatic carbocycles. The largest absolute Gasteiger partial charge is 0.479 e. The summed E-state index contributed by atoms with van der Waals surface area (Å²) in [4.78, 5) is 35.9. The molecule has 3 rings (SSSR count). The lowest BCUT2D eigenvalue weighted by Gasteiger charge is -2.30. The maximum Gasteiger partial charge on any atom is 0.269 e. The van der Waals surface area contributed by atoms with Crippen molar-refractivity contribution >= 4 is 28.9 Å². The number of hydrogen-bond donors (Lipinski definition) is 1. The quantitative estimate of drug-likeness (QED) is 0.683. The zero-order valence-corrected chi connectivity index (χ0v) is 13.6. The van der Waals surface area contributed by atoms with Crippen molar-refractivity contribution in [1.82, 2.24) is 0 Å². The van der Waals surface area contributed by atoms with Crippen LogP contribution in [0.2, 0.25) is 0 Å². The minimum absolute atomic E-state index is 0.0864. The van der Waals surface area contributed by atoms with Gasteiger partial charge in [-0.05, 0) is 37.3 Å². The maximum absolute atomic E-state index is 12.3. The number of likely N-dealkylation sites (N-methyl/N-ethyl adjacent to an activating group) is 1. The van der Waals surface area contributed by atoms with Crippen LogP contribution in [0.3, 0.4) is 0 Å². The van der Waals surface area contributed by atoms with Crippen molar-refractivity contribution in [2.75, 3.05) is 17.3 Å². The van der Waals surface area contributed by atoms with Gasteiger partial charge in [-0.3, -0.25) is 19.7 Å². The Morgan fingerprint density at radius 1 is 1.24 bits per heavy atom. The molecule has 1 atom stereocenters. The number of nitro benzene ring substituents is 1. The number of benzene rings is 2. The fraction of sp³-hybridized carbons (Fsp3) is 0.176. The van der Waals surface area contributed by atoms with Gasteiger partial charge in [-0.25, -0.2) is 0 Å².